The monoisotopic (exact) mass is 359 g/mol. The Kier molecular flexibility index (Phi) is 4.31. The largest absolute Gasteiger partial charge is 0.497 e. The van der Waals surface area contributed by atoms with Crippen LogP contribution in [0, 0.1) is 0 Å². The molecule has 1 aliphatic rings. The summed E-state index contributed by atoms with van der Waals surface area (Å²) < 4.78 is 16.3. The first-order valence-corrected chi connectivity index (χ1v) is 8.85. The summed E-state index contributed by atoms with van der Waals surface area (Å²) in [7, 11) is 3.22. The number of H-pyrrole nitrogens is 1. The van der Waals surface area contributed by atoms with E-state index in [2.05, 4.69) is 25.4 Å². The van der Waals surface area contributed by atoms with Crippen molar-refractivity contribution < 1.29 is 13.9 Å². The number of rotatable bonds is 7. The Bertz CT molecular complexity index is 874. The van der Waals surface area contributed by atoms with Gasteiger partial charge in [0.1, 0.15) is 11.5 Å². The Labute approximate surface area is 148 Å². The number of methoxy groups -OCH3 is 2. The lowest BCUT2D eigenvalue weighted by Crippen LogP contribution is -1.91. The van der Waals surface area contributed by atoms with Crippen molar-refractivity contribution in [3.05, 3.63) is 30.0 Å². The molecule has 25 heavy (non-hydrogen) atoms. The van der Waals surface area contributed by atoms with Crippen LogP contribution in [0.25, 0.3) is 11.4 Å². The van der Waals surface area contributed by atoms with Crippen molar-refractivity contribution in [2.24, 2.45) is 0 Å². The van der Waals surface area contributed by atoms with Gasteiger partial charge in [0, 0.05) is 12.0 Å². The van der Waals surface area contributed by atoms with Crippen LogP contribution in [0.1, 0.15) is 30.5 Å². The second-order valence-corrected chi connectivity index (χ2v) is 6.57. The molecule has 8 nitrogen and oxygen atoms in total. The summed E-state index contributed by atoms with van der Waals surface area (Å²) in [6.45, 7) is 0. The minimum atomic E-state index is 0.462. The zero-order valence-corrected chi connectivity index (χ0v) is 14.7. The standard InChI is InChI=1S/C16H17N5O3S/c1-22-10-5-6-11(12(7-10)23-2)14-17-16(21-19-14)25-8-13-18-20-15(24-13)9-3-4-9/h5-7,9H,3-4,8H2,1-2H3,(H,17,19,21). The van der Waals surface area contributed by atoms with Crippen molar-refractivity contribution in [2.45, 2.75) is 29.7 Å². The van der Waals surface area contributed by atoms with E-state index in [9.17, 15) is 0 Å². The summed E-state index contributed by atoms with van der Waals surface area (Å²) in [5.74, 6) is 4.36. The average molecular weight is 359 g/mol. The predicted octanol–water partition coefficient (Wildman–Crippen LogP) is 3.04. The quantitative estimate of drug-likeness (QED) is 0.643. The lowest BCUT2D eigenvalue weighted by atomic mass is 10.2. The van der Waals surface area contributed by atoms with Crippen molar-refractivity contribution >= 4 is 11.8 Å². The van der Waals surface area contributed by atoms with Crippen LogP contribution in [-0.2, 0) is 5.75 Å². The number of nitrogens with zero attached hydrogens (tertiary/aromatic N) is 4. The second-order valence-electron chi connectivity index (χ2n) is 5.63. The maximum absolute atomic E-state index is 5.64. The molecule has 2 aromatic heterocycles. The van der Waals surface area contributed by atoms with Gasteiger partial charge in [-0.25, -0.2) is 4.98 Å². The molecular formula is C16H17N5O3S. The van der Waals surface area contributed by atoms with Crippen molar-refractivity contribution in [1.82, 2.24) is 25.4 Å². The number of nitrogens with one attached hydrogen (secondary N) is 1. The van der Waals surface area contributed by atoms with Gasteiger partial charge in [0.25, 0.3) is 0 Å². The van der Waals surface area contributed by atoms with Crippen molar-refractivity contribution in [2.75, 3.05) is 14.2 Å². The molecule has 0 amide bonds. The topological polar surface area (TPSA) is 99.0 Å². The van der Waals surface area contributed by atoms with Crippen LogP contribution in [-0.4, -0.2) is 39.6 Å². The molecular weight excluding hydrogens is 342 g/mol. The fourth-order valence-corrected chi connectivity index (χ4v) is 3.01. The highest BCUT2D eigenvalue weighted by molar-refractivity contribution is 7.98. The fourth-order valence-electron chi connectivity index (χ4n) is 2.37. The molecule has 130 valence electrons. The Morgan fingerprint density at radius 1 is 1.24 bits per heavy atom. The maximum atomic E-state index is 5.64. The summed E-state index contributed by atoms with van der Waals surface area (Å²) >= 11 is 1.44. The lowest BCUT2D eigenvalue weighted by molar-refractivity contribution is 0.395. The first-order valence-electron chi connectivity index (χ1n) is 7.86. The molecule has 1 aromatic carbocycles. The van der Waals surface area contributed by atoms with Gasteiger partial charge < -0.3 is 13.9 Å². The molecule has 0 saturated heterocycles. The third-order valence-corrected chi connectivity index (χ3v) is 4.69. The Morgan fingerprint density at radius 2 is 2.12 bits per heavy atom. The Hall–Kier alpha value is -2.55. The summed E-state index contributed by atoms with van der Waals surface area (Å²) in [4.78, 5) is 4.50. The van der Waals surface area contributed by atoms with Crippen molar-refractivity contribution in [1.29, 1.82) is 0 Å². The van der Waals surface area contributed by atoms with Crippen molar-refractivity contribution in [3.8, 4) is 22.9 Å². The van der Waals surface area contributed by atoms with Crippen LogP contribution >= 0.6 is 11.8 Å². The molecule has 1 saturated carbocycles. The molecule has 4 rings (SSSR count). The van der Waals surface area contributed by atoms with Gasteiger partial charge in [-0.3, -0.25) is 5.10 Å². The van der Waals surface area contributed by atoms with Gasteiger partial charge in [-0.1, -0.05) is 11.8 Å². The van der Waals surface area contributed by atoms with Crippen LogP contribution in [0.5, 0.6) is 11.5 Å². The van der Waals surface area contributed by atoms with Gasteiger partial charge in [-0.15, -0.1) is 15.3 Å². The van der Waals surface area contributed by atoms with Crippen LogP contribution < -0.4 is 9.47 Å². The fraction of sp³-hybridized carbons (Fsp3) is 0.375. The molecule has 2 heterocycles. The van der Waals surface area contributed by atoms with E-state index in [1.807, 2.05) is 18.2 Å². The van der Waals surface area contributed by atoms with Crippen molar-refractivity contribution in [3.63, 3.8) is 0 Å². The van der Waals surface area contributed by atoms with Gasteiger partial charge in [0.2, 0.25) is 16.9 Å². The summed E-state index contributed by atoms with van der Waals surface area (Å²) in [5, 5.41) is 15.9. The SMILES string of the molecule is COc1ccc(-c2nc(SCc3nnc(C4CC4)o3)n[nH]2)c(OC)c1. The maximum Gasteiger partial charge on any atom is 0.226 e. The normalized spacial score (nSPS) is 13.8. The highest BCUT2D eigenvalue weighted by Gasteiger charge is 2.29. The Morgan fingerprint density at radius 3 is 2.88 bits per heavy atom. The van der Waals surface area contributed by atoms with Gasteiger partial charge in [0.05, 0.1) is 25.5 Å². The van der Waals surface area contributed by atoms with E-state index in [0.29, 0.717) is 34.3 Å². The molecule has 0 atom stereocenters. The van der Waals surface area contributed by atoms with Gasteiger partial charge in [0.15, 0.2) is 5.82 Å². The number of aromatic amines is 1. The molecule has 9 heteroatoms. The zero-order valence-electron chi connectivity index (χ0n) is 13.9. The smallest absolute Gasteiger partial charge is 0.226 e. The molecule has 1 fully saturated rings. The zero-order chi connectivity index (χ0) is 17.2. The number of ether oxygens (including phenoxy) is 2. The number of benzene rings is 1. The molecule has 0 radical (unpaired) electrons. The molecule has 0 aliphatic heterocycles. The molecule has 0 unspecified atom stereocenters. The van der Waals surface area contributed by atoms with Crippen LogP contribution in [0.3, 0.4) is 0 Å². The van der Waals surface area contributed by atoms with E-state index in [4.69, 9.17) is 13.9 Å². The third kappa shape index (κ3) is 3.46. The van der Waals surface area contributed by atoms with E-state index in [-0.39, 0.29) is 0 Å². The van der Waals surface area contributed by atoms with E-state index >= 15 is 0 Å². The highest BCUT2D eigenvalue weighted by Crippen LogP contribution is 2.39. The third-order valence-electron chi connectivity index (χ3n) is 3.86. The lowest BCUT2D eigenvalue weighted by Gasteiger charge is -2.07. The van der Waals surface area contributed by atoms with E-state index < -0.39 is 0 Å². The van der Waals surface area contributed by atoms with E-state index in [1.165, 1.54) is 11.8 Å². The molecule has 1 N–H and O–H groups in total. The molecule has 0 spiro atoms. The van der Waals surface area contributed by atoms with Gasteiger partial charge in [-0.05, 0) is 25.0 Å². The van der Waals surface area contributed by atoms with Gasteiger partial charge >= 0.3 is 0 Å². The van der Waals surface area contributed by atoms with E-state index in [0.717, 1.165) is 30.0 Å². The summed E-state index contributed by atoms with van der Waals surface area (Å²) in [6.07, 6.45) is 2.28. The average Bonchev–Trinajstić information content (AvgIpc) is 3.20. The first-order chi connectivity index (χ1) is 12.3. The molecule has 1 aliphatic carbocycles. The minimum Gasteiger partial charge on any atom is -0.497 e. The predicted molar refractivity (Wildman–Crippen MR) is 90.8 cm³/mol. The first kappa shape index (κ1) is 15.9. The van der Waals surface area contributed by atoms with Crippen LogP contribution in [0.4, 0.5) is 0 Å². The summed E-state index contributed by atoms with van der Waals surface area (Å²) in [6, 6.07) is 5.54. The number of aromatic nitrogens is 5. The van der Waals surface area contributed by atoms with E-state index in [1.54, 1.807) is 14.2 Å². The minimum absolute atomic E-state index is 0.462. The summed E-state index contributed by atoms with van der Waals surface area (Å²) in [5.41, 5.74) is 0.816. The second kappa shape index (κ2) is 6.75. The number of thioether (sulfide) groups is 1. The van der Waals surface area contributed by atoms with Crippen LogP contribution in [0.15, 0.2) is 27.8 Å². The molecule has 0 bridgehead atoms. The van der Waals surface area contributed by atoms with Crippen LogP contribution in [0.2, 0.25) is 0 Å². The Balaban J connectivity index is 1.46. The van der Waals surface area contributed by atoms with Gasteiger partial charge in [-0.2, -0.15) is 0 Å². The molecule has 3 aromatic rings. The number of hydrogen-bond acceptors (Lipinski definition) is 8. The number of hydrogen-bond donors (Lipinski definition) is 1. The highest BCUT2D eigenvalue weighted by atomic mass is 32.2.